The van der Waals surface area contributed by atoms with Gasteiger partial charge in [0.15, 0.2) is 0 Å². The summed E-state index contributed by atoms with van der Waals surface area (Å²) in [5.41, 5.74) is 2.95. The Morgan fingerprint density at radius 1 is 1.50 bits per heavy atom. The van der Waals surface area contributed by atoms with E-state index in [0.29, 0.717) is 0 Å². The lowest BCUT2D eigenvalue weighted by Crippen LogP contribution is -2.49. The number of esters is 1. The maximum Gasteiger partial charge on any atom is 0.334 e. The summed E-state index contributed by atoms with van der Waals surface area (Å²) in [6, 6.07) is 0. The van der Waals surface area contributed by atoms with Crippen molar-refractivity contribution >= 4 is 5.97 Å². The Morgan fingerprint density at radius 2 is 2.22 bits per heavy atom. The van der Waals surface area contributed by atoms with Gasteiger partial charge in [0.2, 0.25) is 0 Å². The Bertz CT molecular complexity index is 462. The smallest absolute Gasteiger partial charge is 0.334 e. The van der Waals surface area contributed by atoms with Gasteiger partial charge in [-0.1, -0.05) is 19.1 Å². The largest absolute Gasteiger partial charge is 0.454 e. The monoisotopic (exact) mass is 248 g/mol. The van der Waals surface area contributed by atoms with Gasteiger partial charge < -0.3 is 9.84 Å². The summed E-state index contributed by atoms with van der Waals surface area (Å²) >= 11 is 0. The van der Waals surface area contributed by atoms with E-state index in [1.165, 1.54) is 5.57 Å². The number of aliphatic hydroxyl groups is 1. The summed E-state index contributed by atoms with van der Waals surface area (Å²) < 4.78 is 5.42. The summed E-state index contributed by atoms with van der Waals surface area (Å²) in [5.74, 6) is 0.106. The van der Waals surface area contributed by atoms with E-state index >= 15 is 0 Å². The van der Waals surface area contributed by atoms with Crippen molar-refractivity contribution in [3.8, 4) is 0 Å². The van der Waals surface area contributed by atoms with Crippen LogP contribution in [0.5, 0.6) is 0 Å². The molecule has 0 aromatic carbocycles. The van der Waals surface area contributed by atoms with Crippen LogP contribution in [0.25, 0.3) is 0 Å². The molecule has 1 N–H and O–H groups in total. The molecular formula is C15H20O3. The van der Waals surface area contributed by atoms with Gasteiger partial charge in [0.1, 0.15) is 6.10 Å². The van der Waals surface area contributed by atoms with Crippen molar-refractivity contribution in [3.05, 3.63) is 23.3 Å². The summed E-state index contributed by atoms with van der Waals surface area (Å²) in [7, 11) is 0. The molecule has 1 unspecified atom stereocenters. The van der Waals surface area contributed by atoms with Gasteiger partial charge in [-0.2, -0.15) is 0 Å². The van der Waals surface area contributed by atoms with Gasteiger partial charge in [-0.05, 0) is 44.1 Å². The molecule has 3 aliphatic rings. The normalized spacial score (nSPS) is 43.6. The first-order valence-electron chi connectivity index (χ1n) is 6.70. The molecule has 3 nitrogen and oxygen atoms in total. The average molecular weight is 248 g/mol. The zero-order valence-electron chi connectivity index (χ0n) is 11.0. The van der Waals surface area contributed by atoms with Crippen molar-refractivity contribution in [1.82, 2.24) is 0 Å². The Kier molecular flexibility index (Phi) is 2.46. The molecule has 2 saturated carbocycles. The van der Waals surface area contributed by atoms with E-state index in [2.05, 4.69) is 13.5 Å². The molecule has 1 heterocycles. The van der Waals surface area contributed by atoms with Crippen LogP contribution in [0.2, 0.25) is 0 Å². The first-order valence-corrected chi connectivity index (χ1v) is 6.70. The van der Waals surface area contributed by atoms with Gasteiger partial charge in [-0.15, -0.1) is 0 Å². The van der Waals surface area contributed by atoms with E-state index in [1.807, 2.05) is 6.92 Å². The predicted molar refractivity (Wildman–Crippen MR) is 67.8 cm³/mol. The number of carbonyl (C=O) groups excluding carboxylic acids is 1. The lowest BCUT2D eigenvalue weighted by atomic mass is 9.56. The second kappa shape index (κ2) is 3.70. The second-order valence-corrected chi connectivity index (χ2v) is 6.22. The minimum absolute atomic E-state index is 0.112. The van der Waals surface area contributed by atoms with E-state index in [0.717, 1.165) is 36.8 Å². The zero-order chi connectivity index (χ0) is 13.1. The average Bonchev–Trinajstić information content (AvgIpc) is 2.58. The summed E-state index contributed by atoms with van der Waals surface area (Å²) in [4.78, 5) is 11.6. The molecule has 0 aromatic rings. The van der Waals surface area contributed by atoms with Gasteiger partial charge in [-0.25, -0.2) is 4.79 Å². The summed E-state index contributed by atoms with van der Waals surface area (Å²) in [6.07, 6.45) is 2.82. The maximum atomic E-state index is 11.6. The van der Waals surface area contributed by atoms with E-state index in [1.54, 1.807) is 0 Å². The van der Waals surface area contributed by atoms with Crippen LogP contribution in [0.1, 0.15) is 39.5 Å². The van der Waals surface area contributed by atoms with Crippen molar-refractivity contribution in [2.45, 2.75) is 51.7 Å². The Labute approximate surface area is 108 Å². The molecule has 4 atom stereocenters. The number of aliphatic hydroxyl groups excluding tert-OH is 1. The predicted octanol–water partition coefficient (Wildman–Crippen LogP) is 2.36. The third-order valence-electron chi connectivity index (χ3n) is 5.26. The Balaban J connectivity index is 1.99. The molecule has 0 spiro atoms. The van der Waals surface area contributed by atoms with Crippen molar-refractivity contribution in [2.75, 3.05) is 0 Å². The number of ether oxygens (including phenoxy) is 1. The van der Waals surface area contributed by atoms with Crippen LogP contribution in [-0.2, 0) is 9.53 Å². The third kappa shape index (κ3) is 1.43. The minimum Gasteiger partial charge on any atom is -0.454 e. The molecular weight excluding hydrogens is 228 g/mol. The molecule has 18 heavy (non-hydrogen) atoms. The van der Waals surface area contributed by atoms with Gasteiger partial charge in [0, 0.05) is 11.0 Å². The highest BCUT2D eigenvalue weighted by Gasteiger charge is 2.53. The van der Waals surface area contributed by atoms with Crippen molar-refractivity contribution in [3.63, 3.8) is 0 Å². The molecule has 2 fully saturated rings. The number of rotatable bonds is 0. The number of fused-ring (bicyclic) bond motifs is 2. The highest BCUT2D eigenvalue weighted by Crippen LogP contribution is 2.55. The van der Waals surface area contributed by atoms with E-state index < -0.39 is 0 Å². The van der Waals surface area contributed by atoms with Crippen LogP contribution in [0.3, 0.4) is 0 Å². The molecule has 2 aliphatic carbocycles. The van der Waals surface area contributed by atoms with Crippen molar-refractivity contribution in [2.24, 2.45) is 11.3 Å². The van der Waals surface area contributed by atoms with E-state index in [4.69, 9.17) is 4.74 Å². The lowest BCUT2D eigenvalue weighted by Gasteiger charge is -2.51. The topological polar surface area (TPSA) is 46.5 Å². The van der Waals surface area contributed by atoms with Crippen LogP contribution in [0.15, 0.2) is 23.3 Å². The first kappa shape index (κ1) is 12.0. The molecule has 0 bridgehead atoms. The van der Waals surface area contributed by atoms with Gasteiger partial charge in [0.05, 0.1) is 6.10 Å². The van der Waals surface area contributed by atoms with Crippen LogP contribution in [0.4, 0.5) is 0 Å². The standard InChI is InChI=1S/C15H20O3/c1-8-4-5-13(16)15(3)7-12-10(6-11(8)15)9(2)14(17)18-12/h11-13,16H,1,4-7H2,2-3H3/t11?,12-,13+,15+/m0/s1. The highest BCUT2D eigenvalue weighted by molar-refractivity contribution is 5.91. The van der Waals surface area contributed by atoms with Gasteiger partial charge in [0.25, 0.3) is 0 Å². The van der Waals surface area contributed by atoms with Crippen LogP contribution in [0, 0.1) is 11.3 Å². The van der Waals surface area contributed by atoms with Crippen LogP contribution >= 0.6 is 0 Å². The Hall–Kier alpha value is -1.09. The molecule has 3 rings (SSSR count). The summed E-state index contributed by atoms with van der Waals surface area (Å²) in [6.45, 7) is 8.14. The van der Waals surface area contributed by atoms with Gasteiger partial charge >= 0.3 is 5.97 Å². The molecule has 0 saturated heterocycles. The first-order chi connectivity index (χ1) is 8.43. The minimum atomic E-state index is -0.311. The second-order valence-electron chi connectivity index (χ2n) is 6.22. The number of hydrogen-bond donors (Lipinski definition) is 1. The van der Waals surface area contributed by atoms with Crippen LogP contribution in [-0.4, -0.2) is 23.3 Å². The fourth-order valence-electron chi connectivity index (χ4n) is 3.91. The third-order valence-corrected chi connectivity index (χ3v) is 5.26. The molecule has 0 aromatic heterocycles. The quantitative estimate of drug-likeness (QED) is 0.529. The van der Waals surface area contributed by atoms with Crippen molar-refractivity contribution < 1.29 is 14.6 Å². The number of allylic oxidation sites excluding steroid dienone is 1. The fourth-order valence-corrected chi connectivity index (χ4v) is 3.91. The Morgan fingerprint density at radius 3 is 2.94 bits per heavy atom. The highest BCUT2D eigenvalue weighted by atomic mass is 16.5. The van der Waals surface area contributed by atoms with Crippen LogP contribution < -0.4 is 0 Å². The summed E-state index contributed by atoms with van der Waals surface area (Å²) in [5, 5.41) is 10.3. The molecule has 0 radical (unpaired) electrons. The zero-order valence-corrected chi connectivity index (χ0v) is 11.0. The van der Waals surface area contributed by atoms with Crippen molar-refractivity contribution in [1.29, 1.82) is 0 Å². The van der Waals surface area contributed by atoms with E-state index in [-0.39, 0.29) is 29.5 Å². The number of hydrogen-bond acceptors (Lipinski definition) is 3. The molecule has 1 aliphatic heterocycles. The molecule has 3 heteroatoms. The van der Waals surface area contributed by atoms with Gasteiger partial charge in [-0.3, -0.25) is 0 Å². The maximum absolute atomic E-state index is 11.6. The lowest BCUT2D eigenvalue weighted by molar-refractivity contribution is -0.144. The molecule has 98 valence electrons. The SMILES string of the molecule is C=C1CC[C@@H](O)[C@]2(C)C[C@@H]3OC(=O)C(C)=C3CC12. The van der Waals surface area contributed by atoms with E-state index in [9.17, 15) is 9.90 Å². The number of carbonyl (C=O) groups is 1. The fraction of sp³-hybridized carbons (Fsp3) is 0.667. The molecule has 0 amide bonds.